The standard InChI is InChI=1S/C17H24N4O5/c1-11-15(12(2)26-18-11)16(23)19-6-4-13(5-7-19)21-10-14(22)20(17(21)24)8-9-25-3/h13H,4-10H2,1-3H3. The molecule has 3 rings (SSSR count). The summed E-state index contributed by atoms with van der Waals surface area (Å²) in [6.07, 6.45) is 1.29. The predicted molar refractivity (Wildman–Crippen MR) is 90.6 cm³/mol. The van der Waals surface area contributed by atoms with Crippen LogP contribution >= 0.6 is 0 Å². The average Bonchev–Trinajstić information content (AvgIpc) is 3.11. The van der Waals surface area contributed by atoms with E-state index in [1.54, 1.807) is 23.6 Å². The minimum absolute atomic E-state index is 0.0345. The Morgan fingerprint density at radius 3 is 2.54 bits per heavy atom. The quantitative estimate of drug-likeness (QED) is 0.717. The molecule has 9 heteroatoms. The van der Waals surface area contributed by atoms with Gasteiger partial charge in [-0.1, -0.05) is 5.16 Å². The van der Waals surface area contributed by atoms with Gasteiger partial charge < -0.3 is 19.1 Å². The third-order valence-corrected chi connectivity index (χ3v) is 5.04. The van der Waals surface area contributed by atoms with E-state index in [0.717, 1.165) is 0 Å². The number of methoxy groups -OCH3 is 1. The van der Waals surface area contributed by atoms with Crippen LogP contribution in [0.3, 0.4) is 0 Å². The number of hydrogen-bond acceptors (Lipinski definition) is 6. The van der Waals surface area contributed by atoms with Gasteiger partial charge in [-0.15, -0.1) is 0 Å². The fourth-order valence-corrected chi connectivity index (χ4v) is 3.58. The summed E-state index contributed by atoms with van der Waals surface area (Å²) < 4.78 is 10.0. The summed E-state index contributed by atoms with van der Waals surface area (Å²) in [6, 6.07) is -0.296. The van der Waals surface area contributed by atoms with Crippen LogP contribution in [-0.2, 0) is 9.53 Å². The zero-order valence-electron chi connectivity index (χ0n) is 15.4. The number of amides is 4. The van der Waals surface area contributed by atoms with Crippen LogP contribution in [0.4, 0.5) is 4.79 Å². The summed E-state index contributed by atoms with van der Waals surface area (Å²) in [6.45, 7) is 5.24. The number of hydrogen-bond donors (Lipinski definition) is 0. The van der Waals surface area contributed by atoms with Crippen LogP contribution in [0, 0.1) is 13.8 Å². The summed E-state index contributed by atoms with van der Waals surface area (Å²) in [5.41, 5.74) is 1.10. The largest absolute Gasteiger partial charge is 0.383 e. The molecule has 1 aromatic heterocycles. The molecule has 2 aliphatic heterocycles. The van der Waals surface area contributed by atoms with Crippen LogP contribution < -0.4 is 0 Å². The highest BCUT2D eigenvalue weighted by Gasteiger charge is 2.41. The molecule has 0 atom stereocenters. The van der Waals surface area contributed by atoms with Gasteiger partial charge in [0.1, 0.15) is 17.9 Å². The van der Waals surface area contributed by atoms with Crippen LogP contribution in [-0.4, -0.2) is 83.6 Å². The molecular formula is C17H24N4O5. The number of rotatable bonds is 5. The first-order valence-corrected chi connectivity index (χ1v) is 8.76. The summed E-state index contributed by atoms with van der Waals surface area (Å²) in [4.78, 5) is 41.9. The first kappa shape index (κ1) is 18.4. The zero-order valence-corrected chi connectivity index (χ0v) is 15.4. The van der Waals surface area contributed by atoms with Crippen molar-refractivity contribution in [1.29, 1.82) is 0 Å². The van der Waals surface area contributed by atoms with E-state index in [1.165, 1.54) is 12.0 Å². The van der Waals surface area contributed by atoms with Crippen LogP contribution in [0.1, 0.15) is 34.7 Å². The second kappa shape index (κ2) is 7.45. The van der Waals surface area contributed by atoms with E-state index >= 15 is 0 Å². The van der Waals surface area contributed by atoms with Crippen molar-refractivity contribution >= 4 is 17.8 Å². The first-order valence-electron chi connectivity index (χ1n) is 8.76. The normalized spacial score (nSPS) is 19.0. The molecule has 3 heterocycles. The number of carbonyl (C=O) groups excluding carboxylic acids is 3. The summed E-state index contributed by atoms with van der Waals surface area (Å²) in [7, 11) is 1.54. The number of aromatic nitrogens is 1. The average molecular weight is 364 g/mol. The Bertz CT molecular complexity index is 689. The maximum atomic E-state index is 12.7. The number of carbonyl (C=O) groups is 3. The Morgan fingerprint density at radius 1 is 1.27 bits per heavy atom. The number of likely N-dealkylation sites (tertiary alicyclic amines) is 1. The van der Waals surface area contributed by atoms with Crippen molar-refractivity contribution in [2.75, 3.05) is 39.9 Å². The van der Waals surface area contributed by atoms with Gasteiger partial charge >= 0.3 is 6.03 Å². The molecule has 4 amide bonds. The Hall–Kier alpha value is -2.42. The van der Waals surface area contributed by atoms with Crippen molar-refractivity contribution in [3.8, 4) is 0 Å². The van der Waals surface area contributed by atoms with E-state index in [2.05, 4.69) is 5.16 Å². The van der Waals surface area contributed by atoms with Gasteiger partial charge in [-0.25, -0.2) is 4.79 Å². The topological polar surface area (TPSA) is 96.2 Å². The van der Waals surface area contributed by atoms with Crippen LogP contribution in [0.25, 0.3) is 0 Å². The maximum absolute atomic E-state index is 12.7. The minimum Gasteiger partial charge on any atom is -0.383 e. The Kier molecular flexibility index (Phi) is 5.26. The molecule has 0 aromatic carbocycles. The van der Waals surface area contributed by atoms with Crippen molar-refractivity contribution in [3.05, 3.63) is 17.0 Å². The van der Waals surface area contributed by atoms with Crippen molar-refractivity contribution < 1.29 is 23.6 Å². The number of piperidine rings is 1. The molecule has 9 nitrogen and oxygen atoms in total. The predicted octanol–water partition coefficient (Wildman–Crippen LogP) is 0.807. The molecule has 142 valence electrons. The molecule has 0 radical (unpaired) electrons. The molecule has 0 bridgehead atoms. The molecule has 0 unspecified atom stereocenters. The lowest BCUT2D eigenvalue weighted by Crippen LogP contribution is -2.48. The second-order valence-corrected chi connectivity index (χ2v) is 6.67. The van der Waals surface area contributed by atoms with E-state index in [4.69, 9.17) is 9.26 Å². The Balaban J connectivity index is 1.60. The van der Waals surface area contributed by atoms with Gasteiger partial charge in [0, 0.05) is 26.2 Å². The first-order chi connectivity index (χ1) is 12.4. The molecule has 0 aliphatic carbocycles. The van der Waals surface area contributed by atoms with Gasteiger partial charge in [0.25, 0.3) is 5.91 Å². The monoisotopic (exact) mass is 364 g/mol. The summed E-state index contributed by atoms with van der Waals surface area (Å²) >= 11 is 0. The van der Waals surface area contributed by atoms with Crippen molar-refractivity contribution in [3.63, 3.8) is 0 Å². The smallest absolute Gasteiger partial charge is 0.327 e. The van der Waals surface area contributed by atoms with Crippen LogP contribution in [0.2, 0.25) is 0 Å². The van der Waals surface area contributed by atoms with Gasteiger partial charge in [-0.05, 0) is 26.7 Å². The highest BCUT2D eigenvalue weighted by molar-refractivity contribution is 6.02. The van der Waals surface area contributed by atoms with Gasteiger partial charge in [0.15, 0.2) is 0 Å². The molecule has 26 heavy (non-hydrogen) atoms. The minimum atomic E-state index is -0.262. The number of imide groups is 1. The Morgan fingerprint density at radius 2 is 1.96 bits per heavy atom. The fraction of sp³-hybridized carbons (Fsp3) is 0.647. The Labute approximate surface area is 151 Å². The number of ether oxygens (including phenoxy) is 1. The van der Waals surface area contributed by atoms with E-state index in [9.17, 15) is 14.4 Å². The molecule has 2 fully saturated rings. The molecule has 2 saturated heterocycles. The molecule has 0 saturated carbocycles. The summed E-state index contributed by atoms with van der Waals surface area (Å²) in [5, 5.41) is 3.83. The zero-order chi connectivity index (χ0) is 18.8. The van der Waals surface area contributed by atoms with Crippen molar-refractivity contribution in [1.82, 2.24) is 19.9 Å². The van der Waals surface area contributed by atoms with E-state index in [0.29, 0.717) is 49.6 Å². The molecular weight excluding hydrogens is 340 g/mol. The van der Waals surface area contributed by atoms with Gasteiger partial charge in [0.05, 0.1) is 18.8 Å². The van der Waals surface area contributed by atoms with E-state index in [-0.39, 0.29) is 37.0 Å². The number of nitrogens with zero attached hydrogens (tertiary/aromatic N) is 4. The van der Waals surface area contributed by atoms with E-state index < -0.39 is 0 Å². The molecule has 1 aromatic rings. The van der Waals surface area contributed by atoms with Gasteiger partial charge in [0.2, 0.25) is 5.91 Å². The van der Waals surface area contributed by atoms with E-state index in [1.807, 2.05) is 0 Å². The highest BCUT2D eigenvalue weighted by Crippen LogP contribution is 2.24. The van der Waals surface area contributed by atoms with Crippen molar-refractivity contribution in [2.45, 2.75) is 32.7 Å². The lowest BCUT2D eigenvalue weighted by atomic mass is 10.0. The van der Waals surface area contributed by atoms with Crippen molar-refractivity contribution in [2.24, 2.45) is 0 Å². The lowest BCUT2D eigenvalue weighted by molar-refractivity contribution is -0.125. The van der Waals surface area contributed by atoms with Gasteiger partial charge in [-0.2, -0.15) is 0 Å². The second-order valence-electron chi connectivity index (χ2n) is 6.67. The maximum Gasteiger partial charge on any atom is 0.327 e. The lowest BCUT2D eigenvalue weighted by Gasteiger charge is -2.36. The van der Waals surface area contributed by atoms with Crippen LogP contribution in [0.15, 0.2) is 4.52 Å². The molecule has 0 N–H and O–H groups in total. The fourth-order valence-electron chi connectivity index (χ4n) is 3.58. The number of aryl methyl sites for hydroxylation is 2. The third kappa shape index (κ3) is 3.31. The third-order valence-electron chi connectivity index (χ3n) is 5.04. The molecule has 0 spiro atoms. The highest BCUT2D eigenvalue weighted by atomic mass is 16.5. The molecule has 2 aliphatic rings. The number of urea groups is 1. The summed E-state index contributed by atoms with van der Waals surface area (Å²) in [5.74, 6) is 0.232. The van der Waals surface area contributed by atoms with Gasteiger partial charge in [-0.3, -0.25) is 14.5 Å². The SMILES string of the molecule is COCCN1C(=O)CN(C2CCN(C(=O)c3c(C)noc3C)CC2)C1=O. The van der Waals surface area contributed by atoms with Crippen LogP contribution in [0.5, 0.6) is 0 Å².